The van der Waals surface area contributed by atoms with Crippen LogP contribution in [0.25, 0.3) is 0 Å². The minimum absolute atomic E-state index is 0.0178. The zero-order valence-electron chi connectivity index (χ0n) is 10.9. The summed E-state index contributed by atoms with van der Waals surface area (Å²) in [5, 5.41) is 12.9. The van der Waals surface area contributed by atoms with E-state index in [1.807, 2.05) is 6.07 Å². The molecule has 0 saturated heterocycles. The molecule has 0 spiro atoms. The molecule has 0 unspecified atom stereocenters. The Bertz CT molecular complexity index is 835. The van der Waals surface area contributed by atoms with Crippen LogP contribution >= 0.6 is 0 Å². The van der Waals surface area contributed by atoms with Crippen LogP contribution in [0.3, 0.4) is 0 Å². The maximum absolute atomic E-state index is 12.3. The van der Waals surface area contributed by atoms with Gasteiger partial charge in [0.2, 0.25) is 0 Å². The smallest absolute Gasteiger partial charge is 0.331 e. The largest absolute Gasteiger partial charge is 0.361 e. The van der Waals surface area contributed by atoms with E-state index < -0.39 is 5.56 Å². The number of aromatic nitrogens is 3. The lowest BCUT2D eigenvalue weighted by molar-refractivity contribution is 0.387. The van der Waals surface area contributed by atoms with E-state index in [0.29, 0.717) is 30.1 Å². The lowest BCUT2D eigenvalue weighted by Crippen LogP contribution is -2.42. The summed E-state index contributed by atoms with van der Waals surface area (Å²) in [4.78, 5) is 24.6. The Morgan fingerprint density at radius 3 is 2.95 bits per heavy atom. The van der Waals surface area contributed by atoms with Crippen molar-refractivity contribution in [1.29, 1.82) is 5.26 Å². The zero-order chi connectivity index (χ0) is 14.3. The second-order valence-corrected chi connectivity index (χ2v) is 4.79. The van der Waals surface area contributed by atoms with E-state index in [1.54, 1.807) is 13.0 Å². The maximum atomic E-state index is 12.3. The van der Waals surface area contributed by atoms with E-state index in [1.165, 1.54) is 4.57 Å². The van der Waals surface area contributed by atoms with Crippen LogP contribution in [0, 0.1) is 18.3 Å². The number of hydrogen-bond donors (Lipinski definition) is 0. The van der Waals surface area contributed by atoms with Crippen molar-refractivity contribution in [2.45, 2.75) is 32.9 Å². The molecule has 1 aliphatic rings. The standard InChI is InChI=1S/C13H12N4O3/c1-8-5-9(15-20-8)7-17-12(18)10(6-14)11-3-2-4-16(11)13(17)19/h5H,2-4,7H2,1H3. The predicted octanol–water partition coefficient (Wildman–Crippen LogP) is 0.173. The van der Waals surface area contributed by atoms with Crippen LogP contribution in [0.5, 0.6) is 0 Å². The summed E-state index contributed by atoms with van der Waals surface area (Å²) in [6, 6.07) is 3.58. The molecule has 0 atom stereocenters. The Morgan fingerprint density at radius 2 is 2.30 bits per heavy atom. The van der Waals surface area contributed by atoms with Crippen molar-refractivity contribution in [3.63, 3.8) is 0 Å². The first-order valence-corrected chi connectivity index (χ1v) is 6.30. The van der Waals surface area contributed by atoms with E-state index in [4.69, 9.17) is 9.78 Å². The van der Waals surface area contributed by atoms with Crippen molar-refractivity contribution in [1.82, 2.24) is 14.3 Å². The summed E-state index contributed by atoms with van der Waals surface area (Å²) >= 11 is 0. The van der Waals surface area contributed by atoms with Gasteiger partial charge in [0.05, 0.1) is 6.54 Å². The normalized spacial score (nSPS) is 13.2. The molecule has 2 aromatic heterocycles. The Morgan fingerprint density at radius 1 is 1.50 bits per heavy atom. The van der Waals surface area contributed by atoms with Gasteiger partial charge >= 0.3 is 5.69 Å². The molecule has 0 radical (unpaired) electrons. The topological polar surface area (TPSA) is 93.8 Å². The molecule has 102 valence electrons. The Balaban J connectivity index is 2.19. The number of hydrogen-bond acceptors (Lipinski definition) is 5. The van der Waals surface area contributed by atoms with Gasteiger partial charge in [-0.25, -0.2) is 4.79 Å². The van der Waals surface area contributed by atoms with Crippen LogP contribution in [0.4, 0.5) is 0 Å². The molecule has 0 amide bonds. The van der Waals surface area contributed by atoms with Crippen LogP contribution in [0.1, 0.15) is 29.1 Å². The highest BCUT2D eigenvalue weighted by Crippen LogP contribution is 2.13. The zero-order valence-corrected chi connectivity index (χ0v) is 10.9. The van der Waals surface area contributed by atoms with Gasteiger partial charge in [0.15, 0.2) is 0 Å². The average molecular weight is 272 g/mol. The molecule has 0 saturated carbocycles. The molecule has 20 heavy (non-hydrogen) atoms. The van der Waals surface area contributed by atoms with Gasteiger partial charge in [0.1, 0.15) is 23.1 Å². The highest BCUT2D eigenvalue weighted by Gasteiger charge is 2.22. The second kappa shape index (κ2) is 4.49. The molecule has 7 nitrogen and oxygen atoms in total. The number of nitriles is 1. The molecule has 7 heteroatoms. The molecular weight excluding hydrogens is 260 g/mol. The molecular formula is C13H12N4O3. The van der Waals surface area contributed by atoms with Gasteiger partial charge in [-0.1, -0.05) is 5.16 Å². The van der Waals surface area contributed by atoms with Gasteiger partial charge in [-0.3, -0.25) is 13.9 Å². The molecule has 0 N–H and O–H groups in total. The fraction of sp³-hybridized carbons (Fsp3) is 0.385. The predicted molar refractivity (Wildman–Crippen MR) is 68.3 cm³/mol. The van der Waals surface area contributed by atoms with Crippen LogP contribution in [-0.4, -0.2) is 14.3 Å². The van der Waals surface area contributed by atoms with Crippen LogP contribution in [0.15, 0.2) is 20.2 Å². The summed E-state index contributed by atoms with van der Waals surface area (Å²) in [6.45, 7) is 2.29. The molecule has 3 heterocycles. The second-order valence-electron chi connectivity index (χ2n) is 4.79. The minimum atomic E-state index is -0.550. The van der Waals surface area contributed by atoms with E-state index in [0.717, 1.165) is 11.0 Å². The highest BCUT2D eigenvalue weighted by atomic mass is 16.5. The first kappa shape index (κ1) is 12.4. The minimum Gasteiger partial charge on any atom is -0.361 e. The summed E-state index contributed by atoms with van der Waals surface area (Å²) in [5.41, 5.74) is 0.162. The van der Waals surface area contributed by atoms with Gasteiger partial charge in [0, 0.05) is 18.3 Å². The first-order valence-electron chi connectivity index (χ1n) is 6.30. The molecule has 0 bridgehead atoms. The summed E-state index contributed by atoms with van der Waals surface area (Å²) in [7, 11) is 0. The quantitative estimate of drug-likeness (QED) is 0.777. The number of fused-ring (bicyclic) bond motifs is 1. The first-order chi connectivity index (χ1) is 9.61. The third-order valence-corrected chi connectivity index (χ3v) is 3.44. The van der Waals surface area contributed by atoms with E-state index in [9.17, 15) is 9.59 Å². The molecule has 0 fully saturated rings. The van der Waals surface area contributed by atoms with Crippen molar-refractivity contribution in [2.24, 2.45) is 0 Å². The summed E-state index contributed by atoms with van der Waals surface area (Å²) in [6.07, 6.45) is 1.37. The molecule has 1 aliphatic heterocycles. The Labute approximate surface area is 113 Å². The van der Waals surface area contributed by atoms with Crippen LogP contribution < -0.4 is 11.2 Å². The fourth-order valence-corrected chi connectivity index (χ4v) is 2.54. The lowest BCUT2D eigenvalue weighted by atomic mass is 10.2. The van der Waals surface area contributed by atoms with Crippen molar-refractivity contribution in [3.05, 3.63) is 49.6 Å². The van der Waals surface area contributed by atoms with Crippen molar-refractivity contribution < 1.29 is 4.52 Å². The number of aryl methyl sites for hydroxylation is 1. The summed E-state index contributed by atoms with van der Waals surface area (Å²) < 4.78 is 7.48. The van der Waals surface area contributed by atoms with Crippen molar-refractivity contribution in [3.8, 4) is 6.07 Å². The Hall–Kier alpha value is -2.62. The van der Waals surface area contributed by atoms with Gasteiger partial charge in [-0.05, 0) is 19.8 Å². The van der Waals surface area contributed by atoms with Gasteiger partial charge in [0.25, 0.3) is 5.56 Å². The number of rotatable bonds is 2. The lowest BCUT2D eigenvalue weighted by Gasteiger charge is -2.09. The summed E-state index contributed by atoms with van der Waals surface area (Å²) in [5.74, 6) is 0.606. The third kappa shape index (κ3) is 1.77. The molecule has 0 aliphatic carbocycles. The highest BCUT2D eigenvalue weighted by molar-refractivity contribution is 5.33. The van der Waals surface area contributed by atoms with Crippen molar-refractivity contribution in [2.75, 3.05) is 0 Å². The average Bonchev–Trinajstić information content (AvgIpc) is 3.04. The van der Waals surface area contributed by atoms with Gasteiger partial charge in [-0.2, -0.15) is 5.26 Å². The fourth-order valence-electron chi connectivity index (χ4n) is 2.54. The Kier molecular flexibility index (Phi) is 2.79. The van der Waals surface area contributed by atoms with E-state index >= 15 is 0 Å². The van der Waals surface area contributed by atoms with Crippen LogP contribution in [0.2, 0.25) is 0 Å². The molecule has 2 aromatic rings. The van der Waals surface area contributed by atoms with E-state index in [2.05, 4.69) is 5.16 Å². The SMILES string of the molecule is Cc1cc(Cn2c(=O)c(C#N)c3n(c2=O)CCC3)no1. The van der Waals surface area contributed by atoms with E-state index in [-0.39, 0.29) is 17.8 Å². The maximum Gasteiger partial charge on any atom is 0.331 e. The number of nitrogens with zero attached hydrogens (tertiary/aromatic N) is 4. The monoisotopic (exact) mass is 272 g/mol. The van der Waals surface area contributed by atoms with Crippen LogP contribution in [-0.2, 0) is 19.5 Å². The van der Waals surface area contributed by atoms with Gasteiger partial charge < -0.3 is 4.52 Å². The van der Waals surface area contributed by atoms with Gasteiger partial charge in [-0.15, -0.1) is 0 Å². The third-order valence-electron chi connectivity index (χ3n) is 3.44. The molecule has 3 rings (SSSR count). The van der Waals surface area contributed by atoms with Crippen molar-refractivity contribution >= 4 is 0 Å². The molecule has 0 aromatic carbocycles.